The van der Waals surface area contributed by atoms with Crippen molar-refractivity contribution in [3.63, 3.8) is 0 Å². The summed E-state index contributed by atoms with van der Waals surface area (Å²) < 4.78 is 68.7. The molecule has 0 fully saturated rings. The Balaban J connectivity index is 5.25. The van der Waals surface area contributed by atoms with Crippen molar-refractivity contribution < 1.29 is 80.2 Å². The van der Waals surface area contributed by atoms with Gasteiger partial charge < -0.3 is 33.8 Å². The highest BCUT2D eigenvalue weighted by Gasteiger charge is 2.30. The molecule has 2 unspecified atom stereocenters. The normalized spacial score (nSPS) is 14.0. The predicted octanol–water partition coefficient (Wildman–Crippen LogP) is 24.1. The van der Waals surface area contributed by atoms with Crippen LogP contribution in [0, 0.1) is 17.8 Å². The van der Waals surface area contributed by atoms with E-state index < -0.39 is 97.5 Å². The lowest BCUT2D eigenvalue weighted by Gasteiger charge is -2.21. The zero-order valence-corrected chi connectivity index (χ0v) is 67.5. The van der Waals surface area contributed by atoms with Crippen LogP contribution in [0.5, 0.6) is 0 Å². The number of hydrogen-bond acceptors (Lipinski definition) is 15. The van der Waals surface area contributed by atoms with Gasteiger partial charge in [0.1, 0.15) is 19.3 Å². The number of unbranched alkanes of at least 4 members (excludes halogenated alkanes) is 47. The second-order valence-corrected chi connectivity index (χ2v) is 33.5. The highest BCUT2D eigenvalue weighted by Crippen LogP contribution is 2.45. The molecule has 17 nitrogen and oxygen atoms in total. The average Bonchev–Trinajstić information content (AvgIpc) is 0.914. The van der Waals surface area contributed by atoms with Crippen molar-refractivity contribution in [2.45, 2.75) is 439 Å². The van der Waals surface area contributed by atoms with E-state index in [9.17, 15) is 43.2 Å². The summed E-state index contributed by atoms with van der Waals surface area (Å²) in [5.41, 5.74) is 0. The molecule has 0 amide bonds. The van der Waals surface area contributed by atoms with E-state index in [0.29, 0.717) is 31.6 Å². The summed E-state index contributed by atoms with van der Waals surface area (Å²) in [5, 5.41) is 10.6. The lowest BCUT2D eigenvalue weighted by atomic mass is 10.0. The summed E-state index contributed by atoms with van der Waals surface area (Å²) in [7, 11) is -9.92. The molecule has 100 heavy (non-hydrogen) atoms. The fourth-order valence-corrected chi connectivity index (χ4v) is 14.1. The Kier molecular flexibility index (Phi) is 69.9. The van der Waals surface area contributed by atoms with Gasteiger partial charge in [-0.25, -0.2) is 9.13 Å². The fraction of sp³-hybridized carbons (Fsp3) is 0.951. The number of ether oxygens (including phenoxy) is 4. The van der Waals surface area contributed by atoms with Crippen LogP contribution in [0.2, 0.25) is 0 Å². The Labute approximate surface area is 613 Å². The maximum absolute atomic E-state index is 13.1. The first-order valence-electron chi connectivity index (χ1n) is 41.8. The molecule has 0 saturated heterocycles. The SMILES string of the molecule is CCCCCCCCCCCCCCCCCCCC(=O)OC[C@H](COP(=O)(O)OC[C@@H](O)COP(=O)(O)OC[C@@H](COC(=O)CCCCCCCCCC(C)C)OC(=O)CCCCCCCCCCCCCCC(C)C)OC(=O)CCCCCCCCCCCCCCCCCC(C)C. The average molecular weight is 1470 g/mol. The van der Waals surface area contributed by atoms with Crippen molar-refractivity contribution in [2.75, 3.05) is 39.6 Å². The Hall–Kier alpha value is -1.94. The largest absolute Gasteiger partial charge is 0.472 e. The van der Waals surface area contributed by atoms with Gasteiger partial charge in [-0.3, -0.25) is 37.3 Å². The summed E-state index contributed by atoms with van der Waals surface area (Å²) in [5.74, 6) is 0.173. The molecule has 0 aromatic rings. The predicted molar refractivity (Wildman–Crippen MR) is 409 cm³/mol. The molecule has 0 saturated carbocycles. The van der Waals surface area contributed by atoms with Crippen LogP contribution < -0.4 is 0 Å². The topological polar surface area (TPSA) is 237 Å². The highest BCUT2D eigenvalue weighted by molar-refractivity contribution is 7.47. The number of carbonyl (C=O) groups excluding carboxylic acids is 4. The molecular formula is C81H158O17P2. The van der Waals surface area contributed by atoms with Crippen molar-refractivity contribution in [3.05, 3.63) is 0 Å². The van der Waals surface area contributed by atoms with Gasteiger partial charge in [-0.2, -0.15) is 0 Å². The van der Waals surface area contributed by atoms with Gasteiger partial charge in [-0.1, -0.05) is 370 Å². The van der Waals surface area contributed by atoms with E-state index in [1.54, 1.807) is 0 Å². The molecule has 0 rings (SSSR count). The minimum Gasteiger partial charge on any atom is -0.462 e. The Morgan fingerprint density at radius 3 is 0.680 bits per heavy atom. The standard InChI is InChI=1S/C81H158O17P2/c1-8-9-10-11-12-13-14-15-16-17-20-23-29-34-41-48-55-62-78(83)91-68-76(97-80(85)64-57-50-42-35-30-24-21-18-19-22-27-32-38-45-52-59-72(2)3)70-95-99(87,88)93-66-75(82)67-94-100(89,90)96-71-77(69-92-79(84)63-56-49-44-37-40-47-54-61-74(6)7)98-81(86)65-58-51-43-36-31-26-25-28-33-39-46-53-60-73(4)5/h72-77,82H,8-71H2,1-7H3,(H,87,88)(H,89,90)/t75-,76-,77-/m1/s1. The van der Waals surface area contributed by atoms with Crippen LogP contribution in [0.4, 0.5) is 0 Å². The first kappa shape index (κ1) is 98.1. The number of hydrogen-bond donors (Lipinski definition) is 3. The second kappa shape index (κ2) is 71.3. The summed E-state index contributed by atoms with van der Waals surface area (Å²) >= 11 is 0. The lowest BCUT2D eigenvalue weighted by Crippen LogP contribution is -2.30. The number of aliphatic hydroxyl groups excluding tert-OH is 1. The van der Waals surface area contributed by atoms with Gasteiger partial charge in [0.2, 0.25) is 0 Å². The third-order valence-corrected chi connectivity index (χ3v) is 20.8. The van der Waals surface area contributed by atoms with Crippen LogP contribution in [-0.4, -0.2) is 96.7 Å². The molecule has 0 aromatic heterocycles. The number of phosphoric ester groups is 2. The molecule has 0 spiro atoms. The minimum absolute atomic E-state index is 0.106. The van der Waals surface area contributed by atoms with Crippen LogP contribution in [-0.2, 0) is 65.4 Å². The van der Waals surface area contributed by atoms with Gasteiger partial charge in [-0.05, 0) is 43.4 Å². The first-order chi connectivity index (χ1) is 48.2. The lowest BCUT2D eigenvalue weighted by molar-refractivity contribution is -0.161. The molecule has 0 aliphatic carbocycles. The number of carbonyl (C=O) groups is 4. The molecule has 0 radical (unpaired) electrons. The van der Waals surface area contributed by atoms with Crippen molar-refractivity contribution in [3.8, 4) is 0 Å². The minimum atomic E-state index is -4.96. The molecule has 0 aromatic carbocycles. The van der Waals surface area contributed by atoms with E-state index in [2.05, 4.69) is 48.5 Å². The summed E-state index contributed by atoms with van der Waals surface area (Å²) in [6.07, 6.45) is 59.7. The molecule has 0 aliphatic rings. The van der Waals surface area contributed by atoms with Crippen LogP contribution >= 0.6 is 15.6 Å². The van der Waals surface area contributed by atoms with E-state index >= 15 is 0 Å². The second-order valence-electron chi connectivity index (χ2n) is 30.6. The molecule has 0 heterocycles. The van der Waals surface area contributed by atoms with E-state index in [0.717, 1.165) is 108 Å². The molecule has 0 aliphatic heterocycles. The fourth-order valence-electron chi connectivity index (χ4n) is 12.5. The third kappa shape index (κ3) is 74.3. The third-order valence-electron chi connectivity index (χ3n) is 18.9. The number of phosphoric acid groups is 2. The molecule has 594 valence electrons. The summed E-state index contributed by atoms with van der Waals surface area (Å²) in [4.78, 5) is 73.0. The van der Waals surface area contributed by atoms with Gasteiger partial charge in [0, 0.05) is 25.7 Å². The molecule has 3 N–H and O–H groups in total. The van der Waals surface area contributed by atoms with E-state index in [4.69, 9.17) is 37.0 Å². The van der Waals surface area contributed by atoms with E-state index in [1.807, 2.05) is 0 Å². The van der Waals surface area contributed by atoms with Crippen LogP contribution in [0.1, 0.15) is 421 Å². The number of esters is 4. The van der Waals surface area contributed by atoms with Crippen LogP contribution in [0.15, 0.2) is 0 Å². The monoisotopic (exact) mass is 1470 g/mol. The van der Waals surface area contributed by atoms with Gasteiger partial charge in [0.05, 0.1) is 26.4 Å². The summed E-state index contributed by atoms with van der Waals surface area (Å²) in [6.45, 7) is 11.9. The van der Waals surface area contributed by atoms with Gasteiger partial charge >= 0.3 is 39.5 Å². The maximum atomic E-state index is 13.1. The maximum Gasteiger partial charge on any atom is 0.472 e. The number of rotatable bonds is 79. The molecule has 0 bridgehead atoms. The molecule has 5 atom stereocenters. The van der Waals surface area contributed by atoms with Gasteiger partial charge in [0.25, 0.3) is 0 Å². The quantitative estimate of drug-likeness (QED) is 0.0222. The molecule has 19 heteroatoms. The van der Waals surface area contributed by atoms with E-state index in [1.165, 1.54) is 225 Å². The Morgan fingerprint density at radius 2 is 0.460 bits per heavy atom. The molecular weight excluding hydrogens is 1310 g/mol. The van der Waals surface area contributed by atoms with Crippen LogP contribution in [0.3, 0.4) is 0 Å². The van der Waals surface area contributed by atoms with E-state index in [-0.39, 0.29) is 25.7 Å². The Bertz CT molecular complexity index is 1940. The number of aliphatic hydroxyl groups is 1. The van der Waals surface area contributed by atoms with Crippen molar-refractivity contribution in [2.24, 2.45) is 17.8 Å². The first-order valence-corrected chi connectivity index (χ1v) is 44.8. The summed E-state index contributed by atoms with van der Waals surface area (Å²) in [6, 6.07) is 0. The smallest absolute Gasteiger partial charge is 0.462 e. The Morgan fingerprint density at radius 1 is 0.270 bits per heavy atom. The van der Waals surface area contributed by atoms with Crippen molar-refractivity contribution >= 4 is 39.5 Å². The van der Waals surface area contributed by atoms with Crippen molar-refractivity contribution in [1.82, 2.24) is 0 Å². The van der Waals surface area contributed by atoms with Gasteiger partial charge in [-0.15, -0.1) is 0 Å². The van der Waals surface area contributed by atoms with Gasteiger partial charge in [0.15, 0.2) is 12.2 Å². The van der Waals surface area contributed by atoms with Crippen LogP contribution in [0.25, 0.3) is 0 Å². The zero-order valence-electron chi connectivity index (χ0n) is 65.7. The van der Waals surface area contributed by atoms with Crippen molar-refractivity contribution in [1.29, 1.82) is 0 Å². The zero-order chi connectivity index (χ0) is 73.7. The highest BCUT2D eigenvalue weighted by atomic mass is 31.2.